The van der Waals surface area contributed by atoms with Crippen molar-refractivity contribution in [3.8, 4) is 0 Å². The maximum atomic E-state index is 12.9. The molecule has 0 aromatic heterocycles. The van der Waals surface area contributed by atoms with Crippen LogP contribution in [0.2, 0.25) is 0 Å². The normalized spacial score (nSPS) is 25.6. The fraction of sp³-hybridized carbons (Fsp3) is 0.526. The number of nitrogens with one attached hydrogen (secondary N) is 3. The van der Waals surface area contributed by atoms with E-state index in [0.29, 0.717) is 19.4 Å². The molecule has 0 radical (unpaired) electrons. The second-order valence-electron chi connectivity index (χ2n) is 6.90. The first kappa shape index (κ1) is 19.3. The first-order valence-electron chi connectivity index (χ1n) is 9.24. The molecule has 3 amide bonds. The number of carbonyl (C=O) groups excluding carboxylic acids is 3. The third kappa shape index (κ3) is 4.28. The van der Waals surface area contributed by atoms with E-state index in [9.17, 15) is 14.4 Å². The lowest BCUT2D eigenvalue weighted by Crippen LogP contribution is -2.62. The van der Waals surface area contributed by atoms with Gasteiger partial charge in [-0.15, -0.1) is 0 Å². The Kier molecular flexibility index (Phi) is 6.08. The highest BCUT2D eigenvalue weighted by atomic mass is 16.5. The molecule has 0 aliphatic carbocycles. The number of amides is 3. The van der Waals surface area contributed by atoms with Crippen molar-refractivity contribution in [1.82, 2.24) is 20.9 Å². The van der Waals surface area contributed by atoms with Gasteiger partial charge in [0.15, 0.2) is 0 Å². The van der Waals surface area contributed by atoms with Crippen molar-refractivity contribution < 1.29 is 19.1 Å². The third-order valence-corrected chi connectivity index (χ3v) is 5.10. The van der Waals surface area contributed by atoms with Crippen molar-refractivity contribution in [3.63, 3.8) is 0 Å². The summed E-state index contributed by atoms with van der Waals surface area (Å²) in [6, 6.07) is 7.84. The highest BCUT2D eigenvalue weighted by Gasteiger charge is 2.47. The van der Waals surface area contributed by atoms with E-state index < -0.39 is 24.4 Å². The van der Waals surface area contributed by atoms with Gasteiger partial charge in [0.25, 0.3) is 0 Å². The Morgan fingerprint density at radius 2 is 2.00 bits per heavy atom. The summed E-state index contributed by atoms with van der Waals surface area (Å²) in [7, 11) is 1.67. The van der Waals surface area contributed by atoms with Crippen LogP contribution in [-0.4, -0.2) is 60.6 Å². The molecule has 1 aromatic carbocycles. The summed E-state index contributed by atoms with van der Waals surface area (Å²) < 4.78 is 5.73. The number of ether oxygens (including phenoxy) is 1. The minimum Gasteiger partial charge on any atom is -0.356 e. The number of benzene rings is 1. The largest absolute Gasteiger partial charge is 0.356 e. The fourth-order valence-corrected chi connectivity index (χ4v) is 3.39. The van der Waals surface area contributed by atoms with Gasteiger partial charge in [-0.2, -0.15) is 0 Å². The molecule has 2 saturated heterocycles. The van der Waals surface area contributed by atoms with Gasteiger partial charge in [0.1, 0.15) is 18.3 Å². The quantitative estimate of drug-likeness (QED) is 0.637. The maximum absolute atomic E-state index is 12.9. The standard InChI is InChI=1S/C19H26N4O4/c1-12(20-2)17(24)22-14-11-27-16-9-8-15(23(16)19(14)26)18(25)21-10-13-6-4-3-5-7-13/h3-7,12,14-16,20H,8-11H2,1-2H3,(H,21,25)(H,22,24)/t12-,14?,15?,16-/m0/s1. The minimum absolute atomic E-state index is 0.126. The second-order valence-corrected chi connectivity index (χ2v) is 6.90. The van der Waals surface area contributed by atoms with Crippen LogP contribution in [0.25, 0.3) is 0 Å². The highest BCUT2D eigenvalue weighted by molar-refractivity contribution is 5.94. The summed E-state index contributed by atoms with van der Waals surface area (Å²) in [4.78, 5) is 39.1. The Hall–Kier alpha value is -2.45. The molecule has 2 unspecified atom stereocenters. The Bertz CT molecular complexity index is 696. The van der Waals surface area contributed by atoms with Crippen LogP contribution in [0.1, 0.15) is 25.3 Å². The molecule has 0 saturated carbocycles. The smallest absolute Gasteiger partial charge is 0.250 e. The molecule has 8 heteroatoms. The molecule has 3 N–H and O–H groups in total. The Morgan fingerprint density at radius 1 is 1.26 bits per heavy atom. The summed E-state index contributed by atoms with van der Waals surface area (Å²) in [5.74, 6) is -0.740. The number of likely N-dealkylation sites (N-methyl/N-ethyl adjacent to an activating group) is 1. The summed E-state index contributed by atoms with van der Waals surface area (Å²) in [5.41, 5.74) is 0.993. The van der Waals surface area contributed by atoms with E-state index in [1.165, 1.54) is 4.90 Å². The molecule has 1 aromatic rings. The topological polar surface area (TPSA) is 99.8 Å². The van der Waals surface area contributed by atoms with Crippen LogP contribution in [0.15, 0.2) is 30.3 Å². The third-order valence-electron chi connectivity index (χ3n) is 5.10. The van der Waals surface area contributed by atoms with Gasteiger partial charge in [0.05, 0.1) is 12.6 Å². The number of carbonyl (C=O) groups is 3. The molecule has 0 spiro atoms. The first-order chi connectivity index (χ1) is 13.0. The van der Waals surface area contributed by atoms with Gasteiger partial charge < -0.3 is 25.6 Å². The van der Waals surface area contributed by atoms with E-state index >= 15 is 0 Å². The van der Waals surface area contributed by atoms with Crippen LogP contribution in [0.5, 0.6) is 0 Å². The molecule has 0 bridgehead atoms. The van der Waals surface area contributed by atoms with E-state index in [2.05, 4.69) is 16.0 Å². The van der Waals surface area contributed by atoms with Crippen LogP contribution >= 0.6 is 0 Å². The van der Waals surface area contributed by atoms with Crippen LogP contribution in [0.3, 0.4) is 0 Å². The Labute approximate surface area is 158 Å². The van der Waals surface area contributed by atoms with Crippen LogP contribution in [-0.2, 0) is 25.7 Å². The lowest BCUT2D eigenvalue weighted by Gasteiger charge is -2.37. The number of hydrogen-bond acceptors (Lipinski definition) is 5. The van der Waals surface area contributed by atoms with Gasteiger partial charge >= 0.3 is 0 Å². The summed E-state index contributed by atoms with van der Waals surface area (Å²) in [6.45, 7) is 2.24. The average molecular weight is 374 g/mol. The molecule has 27 heavy (non-hydrogen) atoms. The van der Waals surface area contributed by atoms with Crippen LogP contribution in [0.4, 0.5) is 0 Å². The monoisotopic (exact) mass is 374 g/mol. The van der Waals surface area contributed by atoms with Crippen molar-refractivity contribution in [2.45, 2.75) is 50.7 Å². The molecular formula is C19H26N4O4. The van der Waals surface area contributed by atoms with Crippen molar-refractivity contribution in [2.75, 3.05) is 13.7 Å². The number of fused-ring (bicyclic) bond motifs is 1. The predicted octanol–water partition coefficient (Wildman–Crippen LogP) is -0.257. The van der Waals surface area contributed by atoms with Crippen LogP contribution < -0.4 is 16.0 Å². The van der Waals surface area contributed by atoms with E-state index in [1.54, 1.807) is 14.0 Å². The van der Waals surface area contributed by atoms with E-state index in [4.69, 9.17) is 4.74 Å². The SMILES string of the molecule is CN[C@@H](C)C(=O)NC1CO[C@H]2CCC(C(=O)NCc3ccccc3)N2C1=O. The van der Waals surface area contributed by atoms with Gasteiger partial charge in [0, 0.05) is 6.54 Å². The second kappa shape index (κ2) is 8.49. The van der Waals surface area contributed by atoms with E-state index in [-0.39, 0.29) is 24.3 Å². The van der Waals surface area contributed by atoms with Crippen molar-refractivity contribution in [3.05, 3.63) is 35.9 Å². The van der Waals surface area contributed by atoms with Crippen LogP contribution in [0, 0.1) is 0 Å². The van der Waals surface area contributed by atoms with Gasteiger partial charge in [-0.05, 0) is 32.4 Å². The number of hydrogen-bond donors (Lipinski definition) is 3. The van der Waals surface area contributed by atoms with Crippen molar-refractivity contribution in [2.24, 2.45) is 0 Å². The fourth-order valence-electron chi connectivity index (χ4n) is 3.39. The molecule has 2 fully saturated rings. The van der Waals surface area contributed by atoms with Crippen molar-refractivity contribution >= 4 is 17.7 Å². The maximum Gasteiger partial charge on any atom is 0.250 e. The number of nitrogens with zero attached hydrogens (tertiary/aromatic N) is 1. The summed E-state index contributed by atoms with van der Waals surface area (Å²) in [6.07, 6.45) is 0.757. The molecule has 4 atom stereocenters. The lowest BCUT2D eigenvalue weighted by atomic mass is 10.1. The number of rotatable bonds is 6. The van der Waals surface area contributed by atoms with E-state index in [0.717, 1.165) is 5.56 Å². The lowest BCUT2D eigenvalue weighted by molar-refractivity contribution is -0.167. The molecule has 2 heterocycles. The minimum atomic E-state index is -0.771. The molecule has 3 rings (SSSR count). The zero-order valence-corrected chi connectivity index (χ0v) is 15.6. The summed E-state index contributed by atoms with van der Waals surface area (Å²) in [5, 5.41) is 8.42. The van der Waals surface area contributed by atoms with Gasteiger partial charge in [0.2, 0.25) is 17.7 Å². The first-order valence-corrected chi connectivity index (χ1v) is 9.24. The molecular weight excluding hydrogens is 348 g/mol. The average Bonchev–Trinajstić information content (AvgIpc) is 3.13. The Morgan fingerprint density at radius 3 is 2.70 bits per heavy atom. The molecule has 146 valence electrons. The van der Waals surface area contributed by atoms with Gasteiger partial charge in [-0.3, -0.25) is 14.4 Å². The van der Waals surface area contributed by atoms with Crippen molar-refractivity contribution in [1.29, 1.82) is 0 Å². The summed E-state index contributed by atoms with van der Waals surface area (Å²) >= 11 is 0. The molecule has 8 nitrogen and oxygen atoms in total. The van der Waals surface area contributed by atoms with E-state index in [1.807, 2.05) is 30.3 Å². The van der Waals surface area contributed by atoms with Gasteiger partial charge in [-0.1, -0.05) is 30.3 Å². The highest BCUT2D eigenvalue weighted by Crippen LogP contribution is 2.29. The molecule has 2 aliphatic heterocycles. The zero-order valence-electron chi connectivity index (χ0n) is 15.6. The predicted molar refractivity (Wildman–Crippen MR) is 98.3 cm³/mol. The molecule has 2 aliphatic rings. The Balaban J connectivity index is 1.62. The zero-order chi connectivity index (χ0) is 19.4. The van der Waals surface area contributed by atoms with Gasteiger partial charge in [-0.25, -0.2) is 0 Å².